The van der Waals surface area contributed by atoms with Crippen molar-refractivity contribution in [2.24, 2.45) is 5.92 Å². The number of hydrogen-bond acceptors (Lipinski definition) is 5. The first-order valence-corrected chi connectivity index (χ1v) is 9.30. The van der Waals surface area contributed by atoms with Crippen LogP contribution in [0.25, 0.3) is 0 Å². The Labute approximate surface area is 153 Å². The maximum atomic E-state index is 13.1. The number of hydrazine groups is 1. The van der Waals surface area contributed by atoms with Gasteiger partial charge in [-0.25, -0.2) is 0 Å². The summed E-state index contributed by atoms with van der Waals surface area (Å²) in [6, 6.07) is 6.24. The van der Waals surface area contributed by atoms with E-state index in [1.165, 1.54) is 19.3 Å². The third-order valence-electron chi connectivity index (χ3n) is 5.98. The van der Waals surface area contributed by atoms with Crippen molar-refractivity contribution >= 4 is 17.5 Å². The number of likely N-dealkylation sites (N-methyl/N-ethyl adjacent to an activating group) is 1. The summed E-state index contributed by atoms with van der Waals surface area (Å²) in [5.74, 6) is 0.666. The number of rotatable bonds is 4. The number of hydrogen-bond donors (Lipinski definition) is 3. The van der Waals surface area contributed by atoms with Crippen LogP contribution in [-0.4, -0.2) is 49.5 Å². The number of carbonyl (C=O) groups excluding carboxylic acids is 2. The van der Waals surface area contributed by atoms with Crippen LogP contribution in [0.4, 0.5) is 5.69 Å². The predicted octanol–water partition coefficient (Wildman–Crippen LogP) is 1.22. The van der Waals surface area contributed by atoms with Crippen molar-refractivity contribution in [3.05, 3.63) is 23.8 Å². The molecule has 3 aliphatic rings. The Kier molecular flexibility index (Phi) is 4.58. The molecule has 140 valence electrons. The molecule has 1 aromatic carbocycles. The van der Waals surface area contributed by atoms with Crippen molar-refractivity contribution in [2.45, 2.75) is 43.7 Å². The molecular weight excluding hydrogens is 332 g/mol. The predicted molar refractivity (Wildman–Crippen MR) is 97.8 cm³/mol. The molecule has 4 atom stereocenters. The smallest absolute Gasteiger partial charge is 0.230 e. The highest BCUT2D eigenvalue weighted by Gasteiger charge is 2.40. The van der Waals surface area contributed by atoms with E-state index in [2.05, 4.69) is 16.2 Å². The molecule has 0 spiro atoms. The molecule has 0 radical (unpaired) electrons. The minimum atomic E-state index is -0.465. The maximum Gasteiger partial charge on any atom is 0.230 e. The van der Waals surface area contributed by atoms with Crippen LogP contribution in [0.1, 0.15) is 37.2 Å². The molecule has 2 aliphatic heterocycles. The average molecular weight is 358 g/mol. The first-order chi connectivity index (χ1) is 12.6. The molecule has 2 fully saturated rings. The Hall–Kier alpha value is -2.12. The minimum Gasteiger partial charge on any atom is -0.497 e. The van der Waals surface area contributed by atoms with E-state index in [1.54, 1.807) is 24.1 Å². The molecule has 1 aliphatic carbocycles. The largest absolute Gasteiger partial charge is 0.497 e. The van der Waals surface area contributed by atoms with Crippen LogP contribution in [0.2, 0.25) is 0 Å². The van der Waals surface area contributed by atoms with Gasteiger partial charge in [0.2, 0.25) is 11.8 Å². The van der Waals surface area contributed by atoms with Crippen molar-refractivity contribution < 1.29 is 14.3 Å². The third kappa shape index (κ3) is 3.05. The Bertz CT molecular complexity index is 723. The van der Waals surface area contributed by atoms with Crippen molar-refractivity contribution in [3.63, 3.8) is 0 Å². The molecule has 7 nitrogen and oxygen atoms in total. The lowest BCUT2D eigenvalue weighted by Gasteiger charge is -2.31. The lowest BCUT2D eigenvalue weighted by atomic mass is 9.88. The van der Waals surface area contributed by atoms with Crippen molar-refractivity contribution in [3.8, 4) is 5.75 Å². The van der Waals surface area contributed by atoms with Gasteiger partial charge in [-0.3, -0.25) is 20.4 Å². The van der Waals surface area contributed by atoms with Crippen molar-refractivity contribution in [1.29, 1.82) is 0 Å². The van der Waals surface area contributed by atoms with Crippen LogP contribution < -0.4 is 20.9 Å². The molecule has 0 bridgehead atoms. The van der Waals surface area contributed by atoms with Gasteiger partial charge in [-0.15, -0.1) is 0 Å². The highest BCUT2D eigenvalue weighted by molar-refractivity contribution is 6.01. The number of methoxy groups -OCH3 is 1. The number of anilines is 1. The van der Waals surface area contributed by atoms with Gasteiger partial charge in [-0.2, -0.15) is 0 Å². The first kappa shape index (κ1) is 17.3. The summed E-state index contributed by atoms with van der Waals surface area (Å²) >= 11 is 0. The second-order valence-corrected chi connectivity index (χ2v) is 7.57. The van der Waals surface area contributed by atoms with Crippen LogP contribution >= 0.6 is 0 Å². The van der Waals surface area contributed by atoms with Crippen LogP contribution in [0, 0.1) is 5.92 Å². The van der Waals surface area contributed by atoms with Crippen LogP contribution in [0.5, 0.6) is 5.75 Å². The molecule has 1 saturated carbocycles. The number of carbonyl (C=O) groups is 2. The molecule has 7 heteroatoms. The fraction of sp³-hybridized carbons (Fsp3) is 0.579. The Morgan fingerprint density at radius 3 is 2.96 bits per heavy atom. The summed E-state index contributed by atoms with van der Waals surface area (Å²) in [4.78, 5) is 27.0. The van der Waals surface area contributed by atoms with E-state index in [0.717, 1.165) is 5.56 Å². The number of amides is 2. The van der Waals surface area contributed by atoms with Crippen LogP contribution in [0.15, 0.2) is 18.2 Å². The maximum absolute atomic E-state index is 13.1. The van der Waals surface area contributed by atoms with Gasteiger partial charge in [0.25, 0.3) is 0 Å². The van der Waals surface area contributed by atoms with E-state index in [-0.39, 0.29) is 24.3 Å². The zero-order valence-electron chi connectivity index (χ0n) is 15.2. The molecule has 1 aromatic rings. The van der Waals surface area contributed by atoms with Crippen LogP contribution in [-0.2, 0) is 9.59 Å². The number of nitrogens with zero attached hydrogens (tertiary/aromatic N) is 1. The molecule has 1 saturated heterocycles. The van der Waals surface area contributed by atoms with Gasteiger partial charge in [0.1, 0.15) is 5.75 Å². The van der Waals surface area contributed by atoms with E-state index in [4.69, 9.17) is 4.74 Å². The molecule has 2 heterocycles. The van der Waals surface area contributed by atoms with Crippen molar-refractivity contribution in [2.75, 3.05) is 26.0 Å². The van der Waals surface area contributed by atoms with E-state index < -0.39 is 5.92 Å². The lowest BCUT2D eigenvalue weighted by molar-refractivity contribution is -0.134. The lowest BCUT2D eigenvalue weighted by Crippen LogP contribution is -2.45. The third-order valence-corrected chi connectivity index (χ3v) is 5.98. The van der Waals surface area contributed by atoms with E-state index in [0.29, 0.717) is 29.9 Å². The number of benzene rings is 1. The number of nitrogens with one attached hydrogen (secondary N) is 3. The number of ether oxygens (including phenoxy) is 1. The Morgan fingerprint density at radius 2 is 2.15 bits per heavy atom. The quantitative estimate of drug-likeness (QED) is 0.754. The van der Waals surface area contributed by atoms with E-state index in [1.807, 2.05) is 13.1 Å². The average Bonchev–Trinajstić information content (AvgIpc) is 3.25. The van der Waals surface area contributed by atoms with Gasteiger partial charge < -0.3 is 15.0 Å². The first-order valence-electron chi connectivity index (χ1n) is 9.30. The summed E-state index contributed by atoms with van der Waals surface area (Å²) in [5.41, 5.74) is 8.24. The summed E-state index contributed by atoms with van der Waals surface area (Å²) < 4.78 is 5.29. The van der Waals surface area contributed by atoms with Gasteiger partial charge in [0, 0.05) is 37.8 Å². The second-order valence-electron chi connectivity index (χ2n) is 7.57. The van der Waals surface area contributed by atoms with Gasteiger partial charge in [0.15, 0.2) is 0 Å². The zero-order chi connectivity index (χ0) is 18.3. The van der Waals surface area contributed by atoms with Gasteiger partial charge in [-0.1, -0.05) is 6.42 Å². The highest BCUT2D eigenvalue weighted by Crippen LogP contribution is 2.36. The topological polar surface area (TPSA) is 82.7 Å². The van der Waals surface area contributed by atoms with Gasteiger partial charge in [-0.05, 0) is 42.5 Å². The fourth-order valence-electron chi connectivity index (χ4n) is 4.59. The SMILES string of the molecule is COc1ccc2c(c1)C(C(=O)N(C)CC1NNC3CCCC31)CC(=O)N2. The molecule has 3 N–H and O–H groups in total. The molecule has 4 rings (SSSR count). The molecule has 4 unspecified atom stereocenters. The zero-order valence-corrected chi connectivity index (χ0v) is 15.2. The van der Waals surface area contributed by atoms with Crippen LogP contribution in [0.3, 0.4) is 0 Å². The summed E-state index contributed by atoms with van der Waals surface area (Å²) in [6.07, 6.45) is 3.81. The molecular formula is C19H26N4O3. The second kappa shape index (κ2) is 6.89. The molecule has 26 heavy (non-hydrogen) atoms. The normalized spacial score (nSPS) is 29.7. The minimum absolute atomic E-state index is 0.0161. The highest BCUT2D eigenvalue weighted by atomic mass is 16.5. The Balaban J connectivity index is 1.51. The standard InChI is InChI=1S/C19H26N4O3/c1-23(10-17-12-4-3-5-16(12)21-22-17)19(25)14-9-18(24)20-15-7-6-11(26-2)8-13(14)15/h6-8,12,14,16-17,21-22H,3-5,9-10H2,1-2H3,(H,20,24). The van der Waals surface area contributed by atoms with Gasteiger partial charge >= 0.3 is 0 Å². The van der Waals surface area contributed by atoms with E-state index in [9.17, 15) is 9.59 Å². The van der Waals surface area contributed by atoms with E-state index >= 15 is 0 Å². The van der Waals surface area contributed by atoms with Gasteiger partial charge in [0.05, 0.1) is 13.0 Å². The number of fused-ring (bicyclic) bond motifs is 2. The summed E-state index contributed by atoms with van der Waals surface area (Å²) in [5, 5.41) is 2.85. The van der Waals surface area contributed by atoms with Crippen molar-refractivity contribution in [1.82, 2.24) is 15.8 Å². The monoisotopic (exact) mass is 358 g/mol. The Morgan fingerprint density at radius 1 is 1.31 bits per heavy atom. The molecule has 2 amide bonds. The molecule has 0 aromatic heterocycles. The fourth-order valence-corrected chi connectivity index (χ4v) is 4.59. The summed E-state index contributed by atoms with van der Waals surface area (Å²) in [6.45, 7) is 0.643. The summed E-state index contributed by atoms with van der Waals surface area (Å²) in [7, 11) is 3.43.